The molecule has 3 heteroatoms. The molecule has 17 heavy (non-hydrogen) atoms. The lowest BCUT2D eigenvalue weighted by Gasteiger charge is -2.30. The lowest BCUT2D eigenvalue weighted by Crippen LogP contribution is -2.44. The van der Waals surface area contributed by atoms with Crippen molar-refractivity contribution in [2.75, 3.05) is 19.6 Å². The summed E-state index contributed by atoms with van der Waals surface area (Å²) in [6.45, 7) is 2.84. The monoisotopic (exact) mass is 230 g/mol. The highest BCUT2D eigenvalue weighted by molar-refractivity contribution is 5.96. The number of fused-ring (bicyclic) bond motifs is 1. The molecule has 0 aliphatic carbocycles. The zero-order chi connectivity index (χ0) is 11.7. The highest BCUT2D eigenvalue weighted by atomic mass is 16.2. The number of rotatable bonds is 2. The third-order valence-corrected chi connectivity index (χ3v) is 3.79. The SMILES string of the molecule is O=C1c2ccccc2CCN1CC1CCCN1. The van der Waals surface area contributed by atoms with Gasteiger partial charge >= 0.3 is 0 Å². The van der Waals surface area contributed by atoms with Crippen molar-refractivity contribution in [3.05, 3.63) is 35.4 Å². The first-order chi connectivity index (χ1) is 8.34. The molecule has 1 aromatic carbocycles. The molecule has 0 spiro atoms. The fourth-order valence-electron chi connectivity index (χ4n) is 2.83. The van der Waals surface area contributed by atoms with E-state index < -0.39 is 0 Å². The van der Waals surface area contributed by atoms with Crippen LogP contribution in [0.2, 0.25) is 0 Å². The van der Waals surface area contributed by atoms with Crippen molar-refractivity contribution in [3.63, 3.8) is 0 Å². The van der Waals surface area contributed by atoms with E-state index in [1.54, 1.807) is 0 Å². The number of nitrogens with zero attached hydrogens (tertiary/aromatic N) is 1. The lowest BCUT2D eigenvalue weighted by atomic mass is 9.98. The first-order valence-electron chi connectivity index (χ1n) is 6.45. The molecule has 1 N–H and O–H groups in total. The summed E-state index contributed by atoms with van der Waals surface area (Å²) in [6.07, 6.45) is 3.43. The van der Waals surface area contributed by atoms with Crippen molar-refractivity contribution >= 4 is 5.91 Å². The molecule has 2 aliphatic rings. The van der Waals surface area contributed by atoms with Crippen molar-refractivity contribution in [2.24, 2.45) is 0 Å². The Morgan fingerprint density at radius 3 is 3.06 bits per heavy atom. The van der Waals surface area contributed by atoms with E-state index in [0.29, 0.717) is 6.04 Å². The second-order valence-electron chi connectivity index (χ2n) is 4.95. The lowest BCUT2D eigenvalue weighted by molar-refractivity contribution is 0.0726. The van der Waals surface area contributed by atoms with Gasteiger partial charge in [0, 0.05) is 24.7 Å². The number of carbonyl (C=O) groups is 1. The molecular formula is C14H18N2O. The van der Waals surface area contributed by atoms with Gasteiger partial charge in [0.15, 0.2) is 0 Å². The van der Waals surface area contributed by atoms with Gasteiger partial charge in [-0.1, -0.05) is 18.2 Å². The molecule has 1 atom stereocenters. The Labute approximate surface area is 102 Å². The summed E-state index contributed by atoms with van der Waals surface area (Å²) >= 11 is 0. The smallest absolute Gasteiger partial charge is 0.254 e. The van der Waals surface area contributed by atoms with E-state index in [1.165, 1.54) is 18.4 Å². The molecule has 1 unspecified atom stereocenters. The minimum Gasteiger partial charge on any atom is -0.337 e. The van der Waals surface area contributed by atoms with Gasteiger partial charge in [0.2, 0.25) is 0 Å². The standard InChI is InChI=1S/C14H18N2O/c17-14-13-6-2-1-4-11(13)7-9-16(14)10-12-5-3-8-15-12/h1-2,4,6,12,15H,3,5,7-10H2. The van der Waals surface area contributed by atoms with Crippen molar-refractivity contribution < 1.29 is 4.79 Å². The quantitative estimate of drug-likeness (QED) is 0.833. The molecule has 2 heterocycles. The van der Waals surface area contributed by atoms with Crippen LogP contribution in [0, 0.1) is 0 Å². The van der Waals surface area contributed by atoms with E-state index in [4.69, 9.17) is 0 Å². The zero-order valence-corrected chi connectivity index (χ0v) is 9.98. The van der Waals surface area contributed by atoms with Gasteiger partial charge < -0.3 is 10.2 Å². The molecule has 3 rings (SSSR count). The Hall–Kier alpha value is -1.35. The number of amides is 1. The van der Waals surface area contributed by atoms with Gasteiger partial charge in [0.25, 0.3) is 5.91 Å². The highest BCUT2D eigenvalue weighted by Gasteiger charge is 2.26. The summed E-state index contributed by atoms with van der Waals surface area (Å²) in [7, 11) is 0. The van der Waals surface area contributed by atoms with Crippen molar-refractivity contribution in [1.82, 2.24) is 10.2 Å². The first kappa shape index (κ1) is 10.8. The number of hydrogen-bond donors (Lipinski definition) is 1. The van der Waals surface area contributed by atoms with Crippen LogP contribution in [0.3, 0.4) is 0 Å². The van der Waals surface area contributed by atoms with E-state index >= 15 is 0 Å². The van der Waals surface area contributed by atoms with E-state index in [2.05, 4.69) is 11.4 Å². The number of carbonyl (C=O) groups excluding carboxylic acids is 1. The summed E-state index contributed by atoms with van der Waals surface area (Å²) in [5, 5.41) is 3.45. The van der Waals surface area contributed by atoms with Crippen LogP contribution in [0.4, 0.5) is 0 Å². The molecule has 1 fully saturated rings. The number of nitrogens with one attached hydrogen (secondary N) is 1. The molecule has 0 saturated carbocycles. The molecular weight excluding hydrogens is 212 g/mol. The molecule has 1 amide bonds. The summed E-state index contributed by atoms with van der Waals surface area (Å²) in [4.78, 5) is 14.3. The summed E-state index contributed by atoms with van der Waals surface area (Å²) < 4.78 is 0. The van der Waals surface area contributed by atoms with Gasteiger partial charge in [-0.25, -0.2) is 0 Å². The fraction of sp³-hybridized carbons (Fsp3) is 0.500. The summed E-state index contributed by atoms with van der Waals surface area (Å²) in [5.74, 6) is 0.209. The van der Waals surface area contributed by atoms with E-state index in [-0.39, 0.29) is 5.91 Å². The Bertz CT molecular complexity index is 424. The summed E-state index contributed by atoms with van der Waals surface area (Å²) in [6, 6.07) is 8.49. The van der Waals surface area contributed by atoms with Gasteiger partial charge in [-0.2, -0.15) is 0 Å². The van der Waals surface area contributed by atoms with Crippen molar-refractivity contribution in [2.45, 2.75) is 25.3 Å². The molecule has 3 nitrogen and oxygen atoms in total. The van der Waals surface area contributed by atoms with Crippen LogP contribution in [-0.4, -0.2) is 36.5 Å². The first-order valence-corrected chi connectivity index (χ1v) is 6.45. The largest absolute Gasteiger partial charge is 0.337 e. The van der Waals surface area contributed by atoms with Crippen LogP contribution >= 0.6 is 0 Å². The Morgan fingerprint density at radius 2 is 2.24 bits per heavy atom. The maximum absolute atomic E-state index is 12.3. The van der Waals surface area contributed by atoms with Crippen molar-refractivity contribution in [1.29, 1.82) is 0 Å². The van der Waals surface area contributed by atoms with E-state index in [9.17, 15) is 4.79 Å². The number of benzene rings is 1. The molecule has 0 bridgehead atoms. The van der Waals surface area contributed by atoms with E-state index in [0.717, 1.165) is 31.6 Å². The Kier molecular flexibility index (Phi) is 2.85. The Balaban J connectivity index is 1.74. The highest BCUT2D eigenvalue weighted by Crippen LogP contribution is 2.19. The molecule has 90 valence electrons. The molecule has 0 radical (unpaired) electrons. The van der Waals surface area contributed by atoms with E-state index in [1.807, 2.05) is 23.1 Å². The van der Waals surface area contributed by atoms with Gasteiger partial charge in [-0.15, -0.1) is 0 Å². The van der Waals surface area contributed by atoms with Crippen molar-refractivity contribution in [3.8, 4) is 0 Å². The average molecular weight is 230 g/mol. The number of hydrogen-bond acceptors (Lipinski definition) is 2. The van der Waals surface area contributed by atoms with Crippen LogP contribution in [0.1, 0.15) is 28.8 Å². The minimum atomic E-state index is 0.209. The van der Waals surface area contributed by atoms with Crippen LogP contribution in [-0.2, 0) is 6.42 Å². The third-order valence-electron chi connectivity index (χ3n) is 3.79. The normalized spacial score (nSPS) is 23.9. The third kappa shape index (κ3) is 2.07. The van der Waals surface area contributed by atoms with Crippen LogP contribution in [0.25, 0.3) is 0 Å². The topological polar surface area (TPSA) is 32.3 Å². The molecule has 1 saturated heterocycles. The molecule has 2 aliphatic heterocycles. The Morgan fingerprint density at radius 1 is 1.35 bits per heavy atom. The second-order valence-corrected chi connectivity index (χ2v) is 4.95. The molecule has 1 aromatic rings. The van der Waals surface area contributed by atoms with Crippen LogP contribution in [0.15, 0.2) is 24.3 Å². The predicted octanol–water partition coefficient (Wildman–Crippen LogP) is 1.44. The van der Waals surface area contributed by atoms with Gasteiger partial charge in [-0.3, -0.25) is 4.79 Å². The van der Waals surface area contributed by atoms with Crippen LogP contribution in [0.5, 0.6) is 0 Å². The maximum atomic E-state index is 12.3. The predicted molar refractivity (Wildman–Crippen MR) is 67.1 cm³/mol. The summed E-state index contributed by atoms with van der Waals surface area (Å²) in [5.41, 5.74) is 2.10. The zero-order valence-electron chi connectivity index (χ0n) is 9.98. The van der Waals surface area contributed by atoms with Gasteiger partial charge in [-0.05, 0) is 37.4 Å². The van der Waals surface area contributed by atoms with Crippen LogP contribution < -0.4 is 5.32 Å². The minimum absolute atomic E-state index is 0.209. The fourth-order valence-corrected chi connectivity index (χ4v) is 2.83. The molecule has 0 aromatic heterocycles. The maximum Gasteiger partial charge on any atom is 0.254 e. The second kappa shape index (κ2) is 4.49. The average Bonchev–Trinajstić information content (AvgIpc) is 2.86. The van der Waals surface area contributed by atoms with Gasteiger partial charge in [0.1, 0.15) is 0 Å². The van der Waals surface area contributed by atoms with Gasteiger partial charge in [0.05, 0.1) is 0 Å².